The van der Waals surface area contributed by atoms with Gasteiger partial charge in [-0.3, -0.25) is 0 Å². The maximum absolute atomic E-state index is 5.42. The highest BCUT2D eigenvalue weighted by Crippen LogP contribution is 2.08. The molecule has 0 spiro atoms. The summed E-state index contributed by atoms with van der Waals surface area (Å²) >= 11 is 0. The first-order valence-corrected chi connectivity index (χ1v) is 4.93. The topological polar surface area (TPSA) is 35.2 Å². The average molecular weight is 130 g/mol. The fourth-order valence-corrected chi connectivity index (χ4v) is 2.42. The van der Waals surface area contributed by atoms with E-state index in [0.29, 0.717) is 0 Å². The van der Waals surface area contributed by atoms with Crippen LogP contribution in [0.5, 0.6) is 0 Å². The van der Waals surface area contributed by atoms with Gasteiger partial charge in [0.1, 0.15) is 0 Å². The Kier molecular flexibility index (Phi) is 2.52. The van der Waals surface area contributed by atoms with E-state index in [1.807, 2.05) is 0 Å². The van der Waals surface area contributed by atoms with Gasteiger partial charge in [0, 0.05) is 12.8 Å². The Hall–Kier alpha value is 0.137. The van der Waals surface area contributed by atoms with Gasteiger partial charge in [-0.15, -0.1) is 0 Å². The molecule has 2 N–H and O–H groups in total. The van der Waals surface area contributed by atoms with Gasteiger partial charge in [0.05, 0.1) is 0 Å². The van der Waals surface area contributed by atoms with Crippen LogP contribution in [0.4, 0.5) is 0 Å². The summed E-state index contributed by atoms with van der Waals surface area (Å²) in [5.41, 5.74) is 5.42. The van der Waals surface area contributed by atoms with E-state index in [9.17, 15) is 0 Å². The van der Waals surface area contributed by atoms with Crippen molar-refractivity contribution in [2.45, 2.75) is 18.9 Å². The lowest BCUT2D eigenvalue weighted by molar-refractivity contribution is 0.287. The smallest absolute Gasteiger partial charge is 0.225 e. The molecule has 0 atom stereocenters. The summed E-state index contributed by atoms with van der Waals surface area (Å²) in [5, 5.41) is 0. The zero-order chi connectivity index (χ0) is 5.82. The molecule has 0 unspecified atom stereocenters. The van der Waals surface area contributed by atoms with Crippen LogP contribution in [0.2, 0.25) is 6.04 Å². The average Bonchev–Trinajstić information content (AvgIpc) is 1.90. The van der Waals surface area contributed by atoms with E-state index in [1.165, 1.54) is 18.9 Å². The van der Waals surface area contributed by atoms with Crippen LogP contribution in [0.3, 0.4) is 0 Å². The van der Waals surface area contributed by atoms with Crippen molar-refractivity contribution in [1.29, 1.82) is 0 Å². The summed E-state index contributed by atoms with van der Waals surface area (Å²) in [5.74, 6) is 0. The summed E-state index contributed by atoms with van der Waals surface area (Å²) in [4.78, 5) is 0. The van der Waals surface area contributed by atoms with Crippen LogP contribution in [-0.2, 0) is 4.43 Å². The quantitative estimate of drug-likeness (QED) is 0.518. The maximum atomic E-state index is 5.42. The van der Waals surface area contributed by atoms with Gasteiger partial charge < -0.3 is 10.2 Å². The van der Waals surface area contributed by atoms with Gasteiger partial charge in [-0.2, -0.15) is 0 Å². The van der Waals surface area contributed by atoms with Gasteiger partial charge in [0.15, 0.2) is 0 Å². The first-order valence-electron chi connectivity index (χ1n) is 3.11. The molecule has 1 radical (unpaired) electrons. The molecule has 1 aliphatic rings. The largest absolute Gasteiger partial charge is 0.415 e. The van der Waals surface area contributed by atoms with Crippen molar-refractivity contribution < 1.29 is 4.43 Å². The molecule has 0 saturated carbocycles. The molecule has 0 aromatic carbocycles. The normalized spacial score (nSPS) is 23.6. The molecule has 1 rings (SSSR count). The lowest BCUT2D eigenvalue weighted by Gasteiger charge is -2.17. The minimum atomic E-state index is -0.510. The molecule has 0 amide bonds. The maximum Gasteiger partial charge on any atom is 0.225 e. The molecule has 0 aromatic rings. The van der Waals surface area contributed by atoms with Crippen LogP contribution in [0.1, 0.15) is 12.8 Å². The van der Waals surface area contributed by atoms with Crippen LogP contribution >= 0.6 is 0 Å². The molecule has 1 fully saturated rings. The molecule has 0 aromatic heterocycles. The molecule has 8 heavy (non-hydrogen) atoms. The number of hydrogen-bond donors (Lipinski definition) is 1. The Balaban J connectivity index is 2.13. The molecule has 1 aliphatic heterocycles. The van der Waals surface area contributed by atoms with E-state index in [-0.39, 0.29) is 0 Å². The van der Waals surface area contributed by atoms with Crippen molar-refractivity contribution in [3.8, 4) is 0 Å². The van der Waals surface area contributed by atoms with E-state index in [2.05, 4.69) is 0 Å². The second kappa shape index (κ2) is 3.22. The van der Waals surface area contributed by atoms with Gasteiger partial charge in [-0.1, -0.05) is 6.42 Å². The van der Waals surface area contributed by atoms with Crippen molar-refractivity contribution in [2.24, 2.45) is 5.73 Å². The Labute approximate surface area is 51.7 Å². The summed E-state index contributed by atoms with van der Waals surface area (Å²) < 4.78 is 5.40. The highest BCUT2D eigenvalue weighted by Gasteiger charge is 2.13. The summed E-state index contributed by atoms with van der Waals surface area (Å²) in [6, 6.07) is 1.27. The number of nitrogens with two attached hydrogens (primary N) is 1. The molecule has 47 valence electrons. The third-order valence-electron chi connectivity index (χ3n) is 1.38. The number of hydrogen-bond acceptors (Lipinski definition) is 2. The van der Waals surface area contributed by atoms with E-state index in [0.717, 1.165) is 12.8 Å². The first-order chi connectivity index (χ1) is 3.93. The van der Waals surface area contributed by atoms with Crippen molar-refractivity contribution >= 4 is 9.04 Å². The van der Waals surface area contributed by atoms with Gasteiger partial charge >= 0.3 is 0 Å². The zero-order valence-electron chi connectivity index (χ0n) is 5.02. The van der Waals surface area contributed by atoms with Gasteiger partial charge in [-0.25, -0.2) is 0 Å². The summed E-state index contributed by atoms with van der Waals surface area (Å²) in [6.07, 6.45) is 3.38. The lowest BCUT2D eigenvalue weighted by atomic mass is 10.4. The predicted molar refractivity (Wildman–Crippen MR) is 34.8 cm³/mol. The SMILES string of the molecule is NC[Si]1CCCCO1. The van der Waals surface area contributed by atoms with Crippen LogP contribution < -0.4 is 5.73 Å². The van der Waals surface area contributed by atoms with Crippen LogP contribution in [0.15, 0.2) is 0 Å². The highest BCUT2D eigenvalue weighted by molar-refractivity contribution is 6.52. The standard InChI is InChI=1S/C5H12NOSi/c6-5-8-4-2-1-3-7-8/h1-6H2. The third kappa shape index (κ3) is 1.58. The third-order valence-corrected chi connectivity index (χ3v) is 3.36. The van der Waals surface area contributed by atoms with Crippen molar-refractivity contribution in [2.75, 3.05) is 12.8 Å². The van der Waals surface area contributed by atoms with Crippen LogP contribution in [0, 0.1) is 0 Å². The number of rotatable bonds is 1. The Morgan fingerprint density at radius 1 is 1.50 bits per heavy atom. The molecule has 3 heteroatoms. The molecule has 1 saturated heterocycles. The van der Waals surface area contributed by atoms with Gasteiger partial charge in [0.2, 0.25) is 9.04 Å². The van der Waals surface area contributed by atoms with E-state index in [1.54, 1.807) is 0 Å². The monoisotopic (exact) mass is 130 g/mol. The first kappa shape index (κ1) is 6.26. The zero-order valence-corrected chi connectivity index (χ0v) is 6.02. The lowest BCUT2D eigenvalue weighted by Crippen LogP contribution is -2.31. The Bertz CT molecular complexity index is 63.4. The molecular weight excluding hydrogens is 118 g/mol. The van der Waals surface area contributed by atoms with E-state index in [4.69, 9.17) is 10.2 Å². The van der Waals surface area contributed by atoms with Gasteiger partial charge in [-0.05, 0) is 12.5 Å². The van der Waals surface area contributed by atoms with Crippen LogP contribution in [0.25, 0.3) is 0 Å². The molecule has 2 nitrogen and oxygen atoms in total. The fourth-order valence-electron chi connectivity index (χ4n) is 0.874. The second-order valence-corrected chi connectivity index (χ2v) is 4.32. The minimum absolute atomic E-state index is 0.510. The molecule has 0 bridgehead atoms. The Morgan fingerprint density at radius 2 is 2.38 bits per heavy atom. The minimum Gasteiger partial charge on any atom is -0.415 e. The fraction of sp³-hybridized carbons (Fsp3) is 1.00. The molecule has 1 heterocycles. The van der Waals surface area contributed by atoms with E-state index < -0.39 is 9.04 Å². The highest BCUT2D eigenvalue weighted by atomic mass is 28.3. The van der Waals surface area contributed by atoms with Gasteiger partial charge in [0.25, 0.3) is 0 Å². The van der Waals surface area contributed by atoms with Crippen molar-refractivity contribution in [1.82, 2.24) is 0 Å². The van der Waals surface area contributed by atoms with Crippen LogP contribution in [-0.4, -0.2) is 21.8 Å². The van der Waals surface area contributed by atoms with Crippen molar-refractivity contribution in [3.05, 3.63) is 0 Å². The molecular formula is C5H12NOSi. The Morgan fingerprint density at radius 3 is 2.75 bits per heavy atom. The summed E-state index contributed by atoms with van der Waals surface area (Å²) in [7, 11) is -0.510. The van der Waals surface area contributed by atoms with Crippen molar-refractivity contribution in [3.63, 3.8) is 0 Å². The van der Waals surface area contributed by atoms with E-state index >= 15 is 0 Å². The second-order valence-electron chi connectivity index (χ2n) is 2.05. The molecule has 0 aliphatic carbocycles. The summed E-state index contributed by atoms with van der Waals surface area (Å²) in [6.45, 7) is 0.964. The predicted octanol–water partition coefficient (Wildman–Crippen LogP) is 0.286.